The lowest BCUT2D eigenvalue weighted by molar-refractivity contribution is -0.140. The number of rotatable bonds is 14. The van der Waals surface area contributed by atoms with E-state index in [0.29, 0.717) is 17.2 Å². The molecule has 43 heavy (non-hydrogen) atoms. The molecule has 0 unspecified atom stereocenters. The van der Waals surface area contributed by atoms with Gasteiger partial charge in [0.2, 0.25) is 11.8 Å². The lowest BCUT2D eigenvalue weighted by atomic mass is 10.1. The zero-order chi connectivity index (χ0) is 31.7. The summed E-state index contributed by atoms with van der Waals surface area (Å²) in [5.41, 5.74) is 2.04. The van der Waals surface area contributed by atoms with Crippen molar-refractivity contribution in [1.29, 1.82) is 0 Å². The Hall–Kier alpha value is -3.76. The number of hydrogen-bond acceptors (Lipinski definition) is 6. The SMILES string of the molecule is CC[C@H](C(=O)N[C@@H](C)CC)N(Cc1ccccc1C)C(=O)CN(c1ccc(Cl)cc1)S(=O)(=O)c1ccc(OC)c(OC)c1. The Bertz CT molecular complexity index is 1510. The van der Waals surface area contributed by atoms with Crippen LogP contribution in [0.4, 0.5) is 5.69 Å². The average molecular weight is 630 g/mol. The van der Waals surface area contributed by atoms with Crippen molar-refractivity contribution >= 4 is 39.1 Å². The van der Waals surface area contributed by atoms with Crippen LogP contribution in [0.5, 0.6) is 11.5 Å². The molecule has 0 fully saturated rings. The fourth-order valence-electron chi connectivity index (χ4n) is 4.57. The summed E-state index contributed by atoms with van der Waals surface area (Å²) in [5.74, 6) is -0.244. The quantitative estimate of drug-likeness (QED) is 0.250. The molecule has 0 aromatic heterocycles. The Kier molecular flexibility index (Phi) is 11.9. The summed E-state index contributed by atoms with van der Waals surface area (Å²) in [6.07, 6.45) is 1.06. The van der Waals surface area contributed by atoms with E-state index in [9.17, 15) is 18.0 Å². The van der Waals surface area contributed by atoms with Gasteiger partial charge in [-0.05, 0) is 74.2 Å². The number of nitrogens with zero attached hydrogens (tertiary/aromatic N) is 2. The monoisotopic (exact) mass is 629 g/mol. The van der Waals surface area contributed by atoms with Gasteiger partial charge in [-0.1, -0.05) is 49.7 Å². The van der Waals surface area contributed by atoms with Gasteiger partial charge in [-0.15, -0.1) is 0 Å². The molecule has 0 aliphatic carbocycles. The van der Waals surface area contributed by atoms with Crippen molar-refractivity contribution in [2.75, 3.05) is 25.1 Å². The molecule has 1 N–H and O–H groups in total. The molecule has 0 bridgehead atoms. The Morgan fingerprint density at radius 1 is 0.930 bits per heavy atom. The number of anilines is 1. The van der Waals surface area contributed by atoms with E-state index in [-0.39, 0.29) is 34.8 Å². The summed E-state index contributed by atoms with van der Waals surface area (Å²) in [7, 11) is -1.44. The first kappa shape index (κ1) is 33.7. The third kappa shape index (κ3) is 8.20. The molecule has 0 saturated heterocycles. The highest BCUT2D eigenvalue weighted by Gasteiger charge is 2.34. The maximum atomic E-state index is 14.2. The van der Waals surface area contributed by atoms with Gasteiger partial charge in [0.1, 0.15) is 12.6 Å². The van der Waals surface area contributed by atoms with Crippen molar-refractivity contribution in [2.24, 2.45) is 0 Å². The molecule has 11 heteroatoms. The zero-order valence-electron chi connectivity index (χ0n) is 25.5. The minimum absolute atomic E-state index is 0.0899. The molecule has 9 nitrogen and oxygen atoms in total. The second-order valence-corrected chi connectivity index (χ2v) is 12.5. The van der Waals surface area contributed by atoms with Crippen LogP contribution in [0.3, 0.4) is 0 Å². The first-order valence-electron chi connectivity index (χ1n) is 14.1. The molecule has 0 saturated carbocycles. The lowest BCUT2D eigenvalue weighted by Crippen LogP contribution is -2.53. The molecule has 3 aromatic rings. The van der Waals surface area contributed by atoms with Gasteiger partial charge in [-0.25, -0.2) is 8.42 Å². The highest BCUT2D eigenvalue weighted by atomic mass is 35.5. The Morgan fingerprint density at radius 3 is 2.16 bits per heavy atom. The highest BCUT2D eigenvalue weighted by molar-refractivity contribution is 7.92. The molecule has 0 radical (unpaired) electrons. The van der Waals surface area contributed by atoms with E-state index in [0.717, 1.165) is 21.9 Å². The third-order valence-corrected chi connectivity index (χ3v) is 9.35. The van der Waals surface area contributed by atoms with E-state index < -0.39 is 28.5 Å². The van der Waals surface area contributed by atoms with E-state index >= 15 is 0 Å². The smallest absolute Gasteiger partial charge is 0.264 e. The number of sulfonamides is 1. The number of nitrogens with one attached hydrogen (secondary N) is 1. The summed E-state index contributed by atoms with van der Waals surface area (Å²) in [6.45, 7) is 7.19. The van der Waals surface area contributed by atoms with Gasteiger partial charge in [-0.3, -0.25) is 13.9 Å². The van der Waals surface area contributed by atoms with Gasteiger partial charge in [0.05, 0.1) is 24.8 Å². The molecule has 3 rings (SSSR count). The number of amides is 2. The number of aryl methyl sites for hydroxylation is 1. The number of methoxy groups -OCH3 is 2. The predicted octanol–water partition coefficient (Wildman–Crippen LogP) is 5.58. The molecule has 0 heterocycles. The van der Waals surface area contributed by atoms with Crippen LogP contribution in [0.2, 0.25) is 5.02 Å². The van der Waals surface area contributed by atoms with Gasteiger partial charge in [0.15, 0.2) is 11.5 Å². The maximum Gasteiger partial charge on any atom is 0.264 e. The van der Waals surface area contributed by atoms with E-state index in [1.54, 1.807) is 12.1 Å². The minimum Gasteiger partial charge on any atom is -0.493 e. The van der Waals surface area contributed by atoms with Crippen molar-refractivity contribution in [1.82, 2.24) is 10.2 Å². The first-order chi connectivity index (χ1) is 20.5. The molecule has 0 spiro atoms. The molecule has 232 valence electrons. The van der Waals surface area contributed by atoms with Crippen LogP contribution in [0.1, 0.15) is 44.7 Å². The van der Waals surface area contributed by atoms with Crippen LogP contribution in [-0.2, 0) is 26.2 Å². The highest BCUT2D eigenvalue weighted by Crippen LogP contribution is 2.33. The number of ether oxygens (including phenoxy) is 2. The molecular weight excluding hydrogens is 590 g/mol. The van der Waals surface area contributed by atoms with Crippen LogP contribution in [0.25, 0.3) is 0 Å². The number of benzene rings is 3. The van der Waals surface area contributed by atoms with Crippen molar-refractivity contribution in [2.45, 2.75) is 64.1 Å². The Labute approximate surface area is 259 Å². The number of carbonyl (C=O) groups is 2. The normalized spacial score (nSPS) is 12.6. The predicted molar refractivity (Wildman–Crippen MR) is 169 cm³/mol. The number of carbonyl (C=O) groups excluding carboxylic acids is 2. The Balaban J connectivity index is 2.10. The fourth-order valence-corrected chi connectivity index (χ4v) is 6.13. The molecule has 2 atom stereocenters. The van der Waals surface area contributed by atoms with Gasteiger partial charge in [-0.2, -0.15) is 0 Å². The standard InChI is InChI=1S/C32H40ClN3O6S/c1-7-23(4)34-32(38)28(8-2)35(20-24-12-10-9-11-22(24)3)31(37)21-36(26-15-13-25(33)14-16-26)43(39,40)27-17-18-29(41-5)30(19-27)42-6/h9-19,23,28H,7-8,20-21H2,1-6H3,(H,34,38)/t23-,28+/m0/s1. The number of halogens is 1. The van der Waals surface area contributed by atoms with Gasteiger partial charge >= 0.3 is 0 Å². The average Bonchev–Trinajstić information content (AvgIpc) is 3.00. The summed E-state index contributed by atoms with van der Waals surface area (Å²) in [6, 6.07) is 17.1. The summed E-state index contributed by atoms with van der Waals surface area (Å²) in [4.78, 5) is 29.0. The van der Waals surface area contributed by atoms with Crippen LogP contribution in [0, 0.1) is 6.92 Å². The second kappa shape index (κ2) is 15.1. The van der Waals surface area contributed by atoms with Crippen molar-refractivity contribution in [3.8, 4) is 11.5 Å². The molecular formula is C32H40ClN3O6S. The van der Waals surface area contributed by atoms with E-state index in [4.69, 9.17) is 21.1 Å². The summed E-state index contributed by atoms with van der Waals surface area (Å²) in [5, 5.41) is 3.39. The van der Waals surface area contributed by atoms with E-state index in [1.165, 1.54) is 49.5 Å². The molecule has 0 aliphatic heterocycles. The number of hydrogen-bond donors (Lipinski definition) is 1. The first-order valence-corrected chi connectivity index (χ1v) is 15.9. The molecule has 3 aromatic carbocycles. The minimum atomic E-state index is -4.30. The van der Waals surface area contributed by atoms with Gasteiger partial charge < -0.3 is 19.7 Å². The van der Waals surface area contributed by atoms with Crippen molar-refractivity contribution in [3.05, 3.63) is 82.9 Å². The molecule has 2 amide bonds. The van der Waals surface area contributed by atoms with E-state index in [1.807, 2.05) is 52.0 Å². The Morgan fingerprint density at radius 2 is 1.58 bits per heavy atom. The zero-order valence-corrected chi connectivity index (χ0v) is 27.0. The topological polar surface area (TPSA) is 105 Å². The van der Waals surface area contributed by atoms with E-state index in [2.05, 4.69) is 5.32 Å². The summed E-state index contributed by atoms with van der Waals surface area (Å²) >= 11 is 6.11. The lowest BCUT2D eigenvalue weighted by Gasteiger charge is -2.34. The van der Waals surface area contributed by atoms with Crippen LogP contribution >= 0.6 is 11.6 Å². The molecule has 0 aliphatic rings. The third-order valence-electron chi connectivity index (χ3n) is 7.33. The van der Waals surface area contributed by atoms with Crippen molar-refractivity contribution in [3.63, 3.8) is 0 Å². The van der Waals surface area contributed by atoms with Crippen LogP contribution in [0.15, 0.2) is 71.6 Å². The summed E-state index contributed by atoms with van der Waals surface area (Å²) < 4.78 is 40.0. The second-order valence-electron chi connectivity index (χ2n) is 10.2. The fraction of sp³-hybridized carbons (Fsp3) is 0.375. The van der Waals surface area contributed by atoms with Crippen LogP contribution in [-0.4, -0.2) is 58.0 Å². The van der Waals surface area contributed by atoms with Gasteiger partial charge in [0, 0.05) is 23.7 Å². The van der Waals surface area contributed by atoms with Gasteiger partial charge in [0.25, 0.3) is 10.0 Å². The largest absolute Gasteiger partial charge is 0.493 e. The van der Waals surface area contributed by atoms with Crippen molar-refractivity contribution < 1.29 is 27.5 Å². The van der Waals surface area contributed by atoms with Crippen LogP contribution < -0.4 is 19.1 Å². The maximum absolute atomic E-state index is 14.2.